The first-order valence-electron chi connectivity index (χ1n) is 9.52. The van der Waals surface area contributed by atoms with E-state index in [1.165, 1.54) is 14.2 Å². The predicted molar refractivity (Wildman–Crippen MR) is 97.0 cm³/mol. The molecule has 152 valence electrons. The Balaban J connectivity index is 1.72. The van der Waals surface area contributed by atoms with E-state index in [-0.39, 0.29) is 23.8 Å². The van der Waals surface area contributed by atoms with Gasteiger partial charge in [0, 0.05) is 25.4 Å². The minimum atomic E-state index is -1.68. The van der Waals surface area contributed by atoms with Crippen LogP contribution < -0.4 is 0 Å². The van der Waals surface area contributed by atoms with Crippen molar-refractivity contribution in [2.45, 2.75) is 65.5 Å². The van der Waals surface area contributed by atoms with E-state index < -0.39 is 11.6 Å². The Morgan fingerprint density at radius 3 is 2.07 bits per heavy atom. The summed E-state index contributed by atoms with van der Waals surface area (Å²) in [7, 11) is 2.80. The van der Waals surface area contributed by atoms with Crippen molar-refractivity contribution in [2.24, 2.45) is 17.3 Å². The Hall–Kier alpha value is -1.28. The van der Waals surface area contributed by atoms with Gasteiger partial charge in [-0.25, -0.2) is 4.89 Å². The Morgan fingerprint density at radius 2 is 1.63 bits per heavy atom. The maximum absolute atomic E-state index is 12.4. The van der Waals surface area contributed by atoms with Crippen molar-refractivity contribution in [3.05, 3.63) is 11.1 Å². The number of carbonyl (C=O) groups excluding carboxylic acids is 2. The maximum Gasteiger partial charge on any atom is 0.330 e. The van der Waals surface area contributed by atoms with Crippen LogP contribution in [0.4, 0.5) is 0 Å². The van der Waals surface area contributed by atoms with Crippen molar-refractivity contribution in [1.29, 1.82) is 0 Å². The third-order valence-electron chi connectivity index (χ3n) is 7.22. The molecule has 3 aliphatic carbocycles. The van der Waals surface area contributed by atoms with Gasteiger partial charge in [-0.05, 0) is 57.3 Å². The number of hydrogen-bond acceptors (Lipinski definition) is 6. The van der Waals surface area contributed by atoms with Crippen LogP contribution in [0.25, 0.3) is 0 Å². The second-order valence-electron chi connectivity index (χ2n) is 8.86. The molecule has 4 rings (SSSR count). The molecule has 1 heterocycles. The van der Waals surface area contributed by atoms with Crippen LogP contribution in [0.1, 0.15) is 53.9 Å². The van der Waals surface area contributed by atoms with Crippen LogP contribution in [0.5, 0.6) is 0 Å². The van der Waals surface area contributed by atoms with E-state index >= 15 is 0 Å². The van der Waals surface area contributed by atoms with Gasteiger partial charge < -0.3 is 9.47 Å². The van der Waals surface area contributed by atoms with Gasteiger partial charge in [-0.3, -0.25) is 14.5 Å². The number of ether oxygens (including phenoxy) is 2. The molecular weight excluding hydrogens is 350 g/mol. The second-order valence-corrected chi connectivity index (χ2v) is 8.86. The van der Waals surface area contributed by atoms with Gasteiger partial charge in [-0.2, -0.15) is 4.89 Å². The van der Waals surface area contributed by atoms with Gasteiger partial charge in [0.15, 0.2) is 0 Å². The quantitative estimate of drug-likeness (QED) is 0.292. The minimum absolute atomic E-state index is 0.207. The number of imide groups is 1. The fraction of sp³-hybridized carbons (Fsp3) is 0.800. The summed E-state index contributed by atoms with van der Waals surface area (Å²) in [6.45, 7) is 9.64. The van der Waals surface area contributed by atoms with Crippen LogP contribution in [0, 0.1) is 17.3 Å². The van der Waals surface area contributed by atoms with E-state index in [4.69, 9.17) is 19.2 Å². The van der Waals surface area contributed by atoms with Crippen LogP contribution in [0.2, 0.25) is 0 Å². The summed E-state index contributed by atoms with van der Waals surface area (Å²) >= 11 is 0. The average molecular weight is 381 g/mol. The van der Waals surface area contributed by atoms with E-state index in [9.17, 15) is 9.59 Å². The first kappa shape index (κ1) is 20.5. The molecule has 0 aromatic rings. The Bertz CT molecular complexity index is 654. The normalized spacial score (nSPS) is 32.9. The number of carbonyl (C=O) groups is 2. The zero-order chi connectivity index (χ0) is 20.2. The molecule has 3 atom stereocenters. The molecule has 0 saturated heterocycles. The van der Waals surface area contributed by atoms with Crippen molar-refractivity contribution in [1.82, 2.24) is 4.90 Å². The molecule has 3 unspecified atom stereocenters. The lowest BCUT2D eigenvalue weighted by Crippen LogP contribution is -2.62. The first-order valence-corrected chi connectivity index (χ1v) is 9.52. The topological polar surface area (TPSA) is 74.3 Å². The molecule has 3 saturated carbocycles. The third-order valence-corrected chi connectivity index (χ3v) is 7.22. The molecule has 2 bridgehead atoms. The van der Waals surface area contributed by atoms with Crippen molar-refractivity contribution < 1.29 is 28.8 Å². The van der Waals surface area contributed by atoms with E-state index in [1.807, 2.05) is 6.92 Å². The van der Waals surface area contributed by atoms with Gasteiger partial charge >= 0.3 is 5.97 Å². The van der Waals surface area contributed by atoms with Crippen molar-refractivity contribution in [3.63, 3.8) is 0 Å². The van der Waals surface area contributed by atoms with Gasteiger partial charge in [-0.1, -0.05) is 13.8 Å². The highest BCUT2D eigenvalue weighted by Gasteiger charge is 2.61. The van der Waals surface area contributed by atoms with Gasteiger partial charge in [-0.15, -0.1) is 0 Å². The van der Waals surface area contributed by atoms with Gasteiger partial charge in [0.2, 0.25) is 0 Å². The van der Waals surface area contributed by atoms with Crippen LogP contribution in [-0.4, -0.2) is 49.1 Å². The number of amides is 2. The van der Waals surface area contributed by atoms with Crippen molar-refractivity contribution >= 4 is 11.8 Å². The molecule has 2 amide bonds. The van der Waals surface area contributed by atoms with Gasteiger partial charge in [0.05, 0.1) is 0 Å². The SMILES string of the molecule is COC(CN1C(=O)C(C)=C(C)C1=O)(OC)OOC1(C)CCC2CC1C2(C)C. The second kappa shape index (κ2) is 6.65. The first-order chi connectivity index (χ1) is 12.5. The van der Waals surface area contributed by atoms with Crippen LogP contribution in [0.15, 0.2) is 11.1 Å². The summed E-state index contributed by atoms with van der Waals surface area (Å²) in [6.07, 6.45) is 3.09. The summed E-state index contributed by atoms with van der Waals surface area (Å²) in [5.41, 5.74) is 0.578. The minimum Gasteiger partial charge on any atom is -0.328 e. The van der Waals surface area contributed by atoms with Crippen LogP contribution in [0.3, 0.4) is 0 Å². The van der Waals surface area contributed by atoms with Crippen molar-refractivity contribution in [2.75, 3.05) is 20.8 Å². The largest absolute Gasteiger partial charge is 0.330 e. The Labute approximate surface area is 160 Å². The highest BCUT2D eigenvalue weighted by atomic mass is 17.3. The van der Waals surface area contributed by atoms with E-state index in [0.717, 1.165) is 30.1 Å². The molecule has 0 spiro atoms. The molecule has 0 N–H and O–H groups in total. The zero-order valence-corrected chi connectivity index (χ0v) is 17.4. The highest BCUT2D eigenvalue weighted by molar-refractivity contribution is 6.18. The maximum atomic E-state index is 12.4. The molecule has 0 radical (unpaired) electrons. The Kier molecular flexibility index (Phi) is 5.04. The lowest BCUT2D eigenvalue weighted by molar-refractivity contribution is -0.534. The van der Waals surface area contributed by atoms with Crippen molar-refractivity contribution in [3.8, 4) is 0 Å². The molecule has 0 aromatic heterocycles. The smallest absolute Gasteiger partial charge is 0.328 e. The average Bonchev–Trinajstić information content (AvgIpc) is 2.82. The molecule has 0 aromatic carbocycles. The fourth-order valence-electron chi connectivity index (χ4n) is 4.90. The van der Waals surface area contributed by atoms with Gasteiger partial charge in [0.1, 0.15) is 12.1 Å². The van der Waals surface area contributed by atoms with Gasteiger partial charge in [0.25, 0.3) is 11.8 Å². The number of rotatable bonds is 7. The number of fused-ring (bicyclic) bond motifs is 2. The lowest BCUT2D eigenvalue weighted by Gasteiger charge is -2.63. The summed E-state index contributed by atoms with van der Waals surface area (Å²) < 4.78 is 10.8. The molecule has 3 fully saturated rings. The number of hydrogen-bond donors (Lipinski definition) is 0. The zero-order valence-electron chi connectivity index (χ0n) is 17.4. The van der Waals surface area contributed by atoms with E-state index in [2.05, 4.69) is 13.8 Å². The summed E-state index contributed by atoms with van der Waals surface area (Å²) in [4.78, 5) is 37.5. The van der Waals surface area contributed by atoms with E-state index in [0.29, 0.717) is 17.1 Å². The molecular formula is C20H31NO6. The molecule has 7 nitrogen and oxygen atoms in total. The Morgan fingerprint density at radius 1 is 1.07 bits per heavy atom. The lowest BCUT2D eigenvalue weighted by atomic mass is 9.44. The number of methoxy groups -OCH3 is 2. The molecule has 4 aliphatic rings. The number of nitrogens with zero attached hydrogens (tertiary/aromatic N) is 1. The van der Waals surface area contributed by atoms with E-state index in [1.54, 1.807) is 13.8 Å². The summed E-state index contributed by atoms with van der Waals surface area (Å²) in [5.74, 6) is -1.32. The predicted octanol–water partition coefficient (Wildman–Crippen LogP) is 2.80. The highest BCUT2D eigenvalue weighted by Crippen LogP contribution is 2.63. The fourth-order valence-corrected chi connectivity index (χ4v) is 4.90. The summed E-state index contributed by atoms with van der Waals surface area (Å²) in [5, 5.41) is 0. The van der Waals surface area contributed by atoms with Crippen LogP contribution >= 0.6 is 0 Å². The standard InChI is InChI=1S/C20H31NO6/c1-12-13(2)17(23)21(16(12)22)11-20(24-6,25-7)27-26-19(5)9-8-14-10-15(19)18(14,3)4/h14-15H,8-11H2,1-7H3. The molecule has 7 heteroatoms. The van der Waals surface area contributed by atoms with Crippen LogP contribution in [-0.2, 0) is 28.8 Å². The molecule has 1 aliphatic heterocycles. The third kappa shape index (κ3) is 3.05. The summed E-state index contributed by atoms with van der Waals surface area (Å²) in [6, 6.07) is 0. The molecule has 27 heavy (non-hydrogen) atoms. The monoisotopic (exact) mass is 381 g/mol.